The number of hydrogen-bond acceptors (Lipinski definition) is 3. The minimum absolute atomic E-state index is 0.0145. The highest BCUT2D eigenvalue weighted by Crippen LogP contribution is 2.32. The maximum atomic E-state index is 11.4. The van der Waals surface area contributed by atoms with Crippen LogP contribution in [0.25, 0.3) is 0 Å². The number of hydrogen-bond donors (Lipinski definition) is 3. The zero-order valence-corrected chi connectivity index (χ0v) is 10.7. The normalized spacial score (nSPS) is 11.1. The predicted molar refractivity (Wildman–Crippen MR) is 65.5 cm³/mol. The number of Topliss-reactive ketones (excluding diaryl/α,β-unsaturated/α-hetero) is 1. The Balaban J connectivity index is 2.61. The van der Waals surface area contributed by atoms with E-state index in [0.29, 0.717) is 5.56 Å². The minimum atomic E-state index is -4.24. The van der Waals surface area contributed by atoms with E-state index >= 15 is 0 Å². The van der Waals surface area contributed by atoms with Gasteiger partial charge < -0.3 is 15.1 Å². The second-order valence-electron chi connectivity index (χ2n) is 3.87. The summed E-state index contributed by atoms with van der Waals surface area (Å²) in [5.74, 6) is -0.450. The Bertz CT molecular complexity index is 491. The summed E-state index contributed by atoms with van der Waals surface area (Å²) >= 11 is 0. The highest BCUT2D eigenvalue weighted by atomic mass is 31.2. The number of amides is 1. The van der Waals surface area contributed by atoms with Crippen LogP contribution in [0.5, 0.6) is 0 Å². The molecule has 0 spiro atoms. The van der Waals surface area contributed by atoms with Crippen molar-refractivity contribution in [1.82, 2.24) is 5.32 Å². The fourth-order valence-electron chi connectivity index (χ4n) is 1.28. The fraction of sp³-hybridized carbons (Fsp3) is 0.273. The van der Waals surface area contributed by atoms with Crippen molar-refractivity contribution in [1.29, 1.82) is 0 Å². The van der Waals surface area contributed by atoms with Gasteiger partial charge in [0.25, 0.3) is 0 Å². The van der Waals surface area contributed by atoms with Crippen molar-refractivity contribution < 1.29 is 23.9 Å². The number of nitrogens with one attached hydrogen (secondary N) is 1. The Morgan fingerprint density at radius 2 is 1.78 bits per heavy atom. The fourth-order valence-corrected chi connectivity index (χ4v) is 1.82. The van der Waals surface area contributed by atoms with Crippen molar-refractivity contribution in [3.8, 4) is 0 Å². The van der Waals surface area contributed by atoms with Crippen molar-refractivity contribution in [2.45, 2.75) is 13.3 Å². The third-order valence-corrected chi connectivity index (χ3v) is 3.14. The van der Waals surface area contributed by atoms with Crippen LogP contribution in [0.3, 0.4) is 0 Å². The molecule has 0 fully saturated rings. The Morgan fingerprint density at radius 3 is 2.22 bits per heavy atom. The lowest BCUT2D eigenvalue weighted by atomic mass is 10.1. The van der Waals surface area contributed by atoms with Gasteiger partial charge in [0.05, 0.1) is 18.3 Å². The van der Waals surface area contributed by atoms with Gasteiger partial charge in [-0.2, -0.15) is 0 Å². The molecule has 1 rings (SSSR count). The summed E-state index contributed by atoms with van der Waals surface area (Å²) in [5, 5.41) is 2.35. The van der Waals surface area contributed by atoms with Crippen molar-refractivity contribution in [3.63, 3.8) is 0 Å². The average Bonchev–Trinajstić information content (AvgIpc) is 2.26. The van der Waals surface area contributed by atoms with Crippen molar-refractivity contribution >= 4 is 24.6 Å². The Kier molecular flexibility index (Phi) is 4.78. The molecule has 7 heteroatoms. The van der Waals surface area contributed by atoms with Gasteiger partial charge in [-0.1, -0.05) is 12.1 Å². The lowest BCUT2D eigenvalue weighted by molar-refractivity contribution is -0.124. The first kappa shape index (κ1) is 14.6. The Morgan fingerprint density at radius 1 is 1.22 bits per heavy atom. The smallest absolute Gasteiger partial charge is 0.349 e. The van der Waals surface area contributed by atoms with E-state index in [0.717, 1.165) is 0 Å². The van der Waals surface area contributed by atoms with Gasteiger partial charge >= 0.3 is 7.60 Å². The van der Waals surface area contributed by atoms with Gasteiger partial charge in [0.15, 0.2) is 0 Å². The molecule has 0 bridgehead atoms. The molecule has 18 heavy (non-hydrogen) atoms. The molecule has 0 aliphatic heterocycles. The molecule has 0 unspecified atom stereocenters. The highest BCUT2D eigenvalue weighted by Gasteiger charge is 2.16. The van der Waals surface area contributed by atoms with Crippen molar-refractivity contribution in [2.24, 2.45) is 0 Å². The monoisotopic (exact) mass is 271 g/mol. The largest absolute Gasteiger partial charge is 0.356 e. The van der Waals surface area contributed by atoms with Crippen molar-refractivity contribution in [3.05, 3.63) is 29.8 Å². The first-order valence-electron chi connectivity index (χ1n) is 5.20. The lowest BCUT2D eigenvalue weighted by Gasteiger charge is -2.06. The SMILES string of the molecule is CC(=O)CNC(=O)Cc1ccc(P(=O)(O)O)cc1. The number of benzene rings is 1. The predicted octanol–water partition coefficient (Wildman–Crippen LogP) is -0.263. The van der Waals surface area contributed by atoms with Gasteiger partial charge in [-0.25, -0.2) is 0 Å². The third-order valence-electron chi connectivity index (χ3n) is 2.17. The molecule has 0 aliphatic carbocycles. The summed E-state index contributed by atoms with van der Waals surface area (Å²) in [7, 11) is -4.24. The van der Waals surface area contributed by atoms with Gasteiger partial charge in [0, 0.05) is 0 Å². The van der Waals surface area contributed by atoms with Gasteiger partial charge in [-0.15, -0.1) is 0 Å². The van der Waals surface area contributed by atoms with Gasteiger partial charge in [0.1, 0.15) is 5.78 Å². The van der Waals surface area contributed by atoms with E-state index in [4.69, 9.17) is 9.79 Å². The first-order valence-corrected chi connectivity index (χ1v) is 6.81. The number of carbonyl (C=O) groups is 2. The molecule has 1 aromatic rings. The number of ketones is 1. The van der Waals surface area contributed by atoms with E-state index in [1.165, 1.54) is 31.2 Å². The first-order chi connectivity index (χ1) is 8.29. The number of rotatable bonds is 5. The molecule has 1 aromatic carbocycles. The van der Waals surface area contributed by atoms with Gasteiger partial charge in [-0.3, -0.25) is 14.2 Å². The molecule has 3 N–H and O–H groups in total. The molecule has 0 aliphatic rings. The van der Waals surface area contributed by atoms with Gasteiger partial charge in [0.2, 0.25) is 5.91 Å². The van der Waals surface area contributed by atoms with Crippen molar-refractivity contribution in [2.75, 3.05) is 6.54 Å². The Labute approximate surface area is 104 Å². The molecule has 6 nitrogen and oxygen atoms in total. The van der Waals surface area contributed by atoms with Crippen LogP contribution in [-0.4, -0.2) is 28.0 Å². The summed E-state index contributed by atoms with van der Waals surface area (Å²) in [6, 6.07) is 5.52. The topological polar surface area (TPSA) is 104 Å². The summed E-state index contributed by atoms with van der Waals surface area (Å²) in [6.45, 7) is 1.36. The molecule has 1 amide bonds. The van der Waals surface area contributed by atoms with E-state index in [1.807, 2.05) is 0 Å². The van der Waals surface area contributed by atoms with Crippen LogP contribution in [0.1, 0.15) is 12.5 Å². The van der Waals surface area contributed by atoms with Crippen LogP contribution in [0.4, 0.5) is 0 Å². The molecular weight excluding hydrogens is 257 g/mol. The van der Waals surface area contributed by atoms with Crippen LogP contribution in [0, 0.1) is 0 Å². The molecule has 0 heterocycles. The van der Waals surface area contributed by atoms with Crippen LogP contribution in [-0.2, 0) is 20.6 Å². The second-order valence-corrected chi connectivity index (χ2v) is 5.47. The minimum Gasteiger partial charge on any atom is -0.349 e. The lowest BCUT2D eigenvalue weighted by Crippen LogP contribution is -2.29. The van der Waals surface area contributed by atoms with Crippen LogP contribution in [0.15, 0.2) is 24.3 Å². The summed E-state index contributed by atoms with van der Waals surface area (Å²) in [5.41, 5.74) is 0.619. The molecule has 0 atom stereocenters. The maximum absolute atomic E-state index is 11.4. The molecule has 98 valence electrons. The molecular formula is C11H14NO5P. The summed E-state index contributed by atoms with van der Waals surface area (Å²) in [6.07, 6.45) is 0.0642. The zero-order chi connectivity index (χ0) is 13.8. The summed E-state index contributed by atoms with van der Waals surface area (Å²) in [4.78, 5) is 39.8. The zero-order valence-electron chi connectivity index (χ0n) is 9.79. The second kappa shape index (κ2) is 5.91. The molecule has 0 aromatic heterocycles. The van der Waals surface area contributed by atoms with E-state index < -0.39 is 7.60 Å². The third kappa shape index (κ3) is 4.79. The molecule has 0 saturated carbocycles. The van der Waals surface area contributed by atoms with E-state index in [2.05, 4.69) is 5.32 Å². The molecule has 0 radical (unpaired) electrons. The van der Waals surface area contributed by atoms with Crippen LogP contribution >= 0.6 is 7.60 Å². The molecule has 0 saturated heterocycles. The van der Waals surface area contributed by atoms with E-state index in [9.17, 15) is 14.2 Å². The Hall–Kier alpha value is -1.49. The summed E-state index contributed by atoms with van der Waals surface area (Å²) < 4.78 is 10.9. The maximum Gasteiger partial charge on any atom is 0.356 e. The van der Waals surface area contributed by atoms with Crippen LogP contribution in [0.2, 0.25) is 0 Å². The standard InChI is InChI=1S/C11H14NO5P/c1-8(13)7-12-11(14)6-9-2-4-10(5-3-9)18(15,16)17/h2-5H,6-7H2,1H3,(H,12,14)(H2,15,16,17). The van der Waals surface area contributed by atoms with E-state index in [-0.39, 0.29) is 30.0 Å². The average molecular weight is 271 g/mol. The quantitative estimate of drug-likeness (QED) is 0.640. The highest BCUT2D eigenvalue weighted by molar-refractivity contribution is 7.60. The number of carbonyl (C=O) groups excluding carboxylic acids is 2. The van der Waals surface area contributed by atoms with Crippen LogP contribution < -0.4 is 10.6 Å². The van der Waals surface area contributed by atoms with E-state index in [1.54, 1.807) is 0 Å². The van der Waals surface area contributed by atoms with Gasteiger partial charge in [-0.05, 0) is 24.6 Å².